The summed E-state index contributed by atoms with van der Waals surface area (Å²) in [4.78, 5) is 11.3. The van der Waals surface area contributed by atoms with Gasteiger partial charge in [0.25, 0.3) is 15.0 Å². The number of carbonyl (C=O) groups is 1. The van der Waals surface area contributed by atoms with Crippen LogP contribution in [-0.2, 0) is 9.05 Å². The zero-order chi connectivity index (χ0) is 15.6. The van der Waals surface area contributed by atoms with Crippen molar-refractivity contribution >= 4 is 47.3 Å². The molecule has 110 valence electrons. The molecule has 0 saturated carbocycles. The first-order valence-electron chi connectivity index (χ1n) is 5.58. The maximum Gasteiger partial charge on any atom is 0.264 e. The maximum absolute atomic E-state index is 13.6. The van der Waals surface area contributed by atoms with Crippen molar-refractivity contribution in [3.63, 3.8) is 0 Å². The van der Waals surface area contributed by atoms with E-state index in [1.54, 1.807) is 24.3 Å². The number of hydrogen-bond acceptors (Lipinski definition) is 3. The second-order valence-electron chi connectivity index (χ2n) is 4.04. The first kappa shape index (κ1) is 15.9. The van der Waals surface area contributed by atoms with Crippen LogP contribution >= 0.6 is 26.6 Å². The van der Waals surface area contributed by atoms with E-state index in [1.807, 2.05) is 0 Å². The molecule has 0 bridgehead atoms. The summed E-state index contributed by atoms with van der Waals surface area (Å²) in [5.41, 5.74) is 0.511. The van der Waals surface area contributed by atoms with Gasteiger partial charge in [0.15, 0.2) is 0 Å². The molecule has 0 heterocycles. The van der Waals surface area contributed by atoms with Crippen LogP contribution in [0, 0.1) is 5.82 Å². The topological polar surface area (TPSA) is 63.2 Å². The van der Waals surface area contributed by atoms with Crippen molar-refractivity contribution in [3.8, 4) is 0 Å². The van der Waals surface area contributed by atoms with E-state index in [1.165, 1.54) is 6.07 Å². The number of benzene rings is 2. The lowest BCUT2D eigenvalue weighted by molar-refractivity contribution is 0.102. The van der Waals surface area contributed by atoms with Crippen LogP contribution in [-0.4, -0.2) is 14.3 Å². The van der Waals surface area contributed by atoms with Gasteiger partial charge in [-0.15, -0.1) is 0 Å². The Morgan fingerprint density at radius 3 is 2.29 bits per heavy atom. The molecule has 2 aromatic carbocycles. The van der Waals surface area contributed by atoms with Gasteiger partial charge in [-0.05, 0) is 42.5 Å². The van der Waals surface area contributed by atoms with Gasteiger partial charge >= 0.3 is 0 Å². The summed E-state index contributed by atoms with van der Waals surface area (Å²) in [6, 6.07) is 9.72. The molecule has 0 aromatic heterocycles. The van der Waals surface area contributed by atoms with Gasteiger partial charge in [0.1, 0.15) is 10.7 Å². The van der Waals surface area contributed by atoms with E-state index in [9.17, 15) is 17.6 Å². The number of nitrogens with one attached hydrogen (secondary N) is 1. The number of amides is 1. The summed E-state index contributed by atoms with van der Waals surface area (Å²) in [5.74, 6) is -1.47. The molecule has 2 aromatic rings. The molecule has 4 nitrogen and oxygen atoms in total. The quantitative estimate of drug-likeness (QED) is 0.809. The Labute approximate surface area is 133 Å². The van der Waals surface area contributed by atoms with E-state index in [4.69, 9.17) is 10.7 Å². The van der Waals surface area contributed by atoms with Gasteiger partial charge in [0, 0.05) is 26.4 Å². The normalized spacial score (nSPS) is 11.2. The van der Waals surface area contributed by atoms with E-state index in [-0.39, 0.29) is 5.69 Å². The molecule has 0 spiro atoms. The van der Waals surface area contributed by atoms with Crippen LogP contribution in [0.15, 0.2) is 51.8 Å². The lowest BCUT2D eigenvalue weighted by Crippen LogP contribution is -2.12. The molecule has 0 saturated heterocycles. The van der Waals surface area contributed by atoms with Crippen molar-refractivity contribution in [1.82, 2.24) is 0 Å². The highest BCUT2D eigenvalue weighted by Gasteiger charge is 2.17. The highest BCUT2D eigenvalue weighted by atomic mass is 79.9. The van der Waals surface area contributed by atoms with Crippen LogP contribution in [0.3, 0.4) is 0 Å². The van der Waals surface area contributed by atoms with E-state index in [0.717, 1.165) is 16.6 Å². The average molecular weight is 393 g/mol. The molecule has 0 atom stereocenters. The van der Waals surface area contributed by atoms with Crippen molar-refractivity contribution in [2.24, 2.45) is 0 Å². The van der Waals surface area contributed by atoms with Crippen LogP contribution in [0.4, 0.5) is 10.1 Å². The molecule has 0 unspecified atom stereocenters. The first-order valence-corrected chi connectivity index (χ1v) is 8.69. The Balaban J connectivity index is 2.22. The van der Waals surface area contributed by atoms with Crippen LogP contribution in [0.25, 0.3) is 0 Å². The SMILES string of the molecule is O=C(Nc1ccc(S(=O)(=O)Cl)c(F)c1)c1ccc(Br)cc1. The number of halogens is 3. The minimum Gasteiger partial charge on any atom is -0.322 e. The molecule has 1 amide bonds. The highest BCUT2D eigenvalue weighted by molar-refractivity contribution is 9.10. The third-order valence-electron chi connectivity index (χ3n) is 2.56. The zero-order valence-corrected chi connectivity index (χ0v) is 13.5. The van der Waals surface area contributed by atoms with E-state index in [0.29, 0.717) is 5.56 Å². The molecule has 1 N–H and O–H groups in total. The predicted octanol–water partition coefficient (Wildman–Crippen LogP) is 3.77. The Morgan fingerprint density at radius 1 is 1.14 bits per heavy atom. The third kappa shape index (κ3) is 4.03. The van der Waals surface area contributed by atoms with E-state index >= 15 is 0 Å². The number of anilines is 1. The maximum atomic E-state index is 13.6. The van der Waals surface area contributed by atoms with Crippen LogP contribution in [0.1, 0.15) is 10.4 Å². The fourth-order valence-corrected chi connectivity index (χ4v) is 2.74. The lowest BCUT2D eigenvalue weighted by Gasteiger charge is -2.07. The van der Waals surface area contributed by atoms with E-state index in [2.05, 4.69) is 21.2 Å². The minimum atomic E-state index is -4.16. The summed E-state index contributed by atoms with van der Waals surface area (Å²) in [7, 11) is 0.917. The summed E-state index contributed by atoms with van der Waals surface area (Å²) >= 11 is 3.25. The van der Waals surface area contributed by atoms with Crippen molar-refractivity contribution in [3.05, 3.63) is 58.3 Å². The molecule has 0 aliphatic heterocycles. The monoisotopic (exact) mass is 391 g/mol. The van der Waals surface area contributed by atoms with Crippen molar-refractivity contribution in [1.29, 1.82) is 0 Å². The van der Waals surface area contributed by atoms with Gasteiger partial charge in [-0.3, -0.25) is 4.79 Å². The van der Waals surface area contributed by atoms with Gasteiger partial charge in [-0.25, -0.2) is 12.8 Å². The molecule has 0 radical (unpaired) electrons. The number of hydrogen-bond donors (Lipinski definition) is 1. The van der Waals surface area contributed by atoms with Crippen molar-refractivity contribution < 1.29 is 17.6 Å². The Hall–Kier alpha value is -1.44. The smallest absolute Gasteiger partial charge is 0.264 e. The van der Waals surface area contributed by atoms with E-state index < -0.39 is 25.7 Å². The fraction of sp³-hybridized carbons (Fsp3) is 0. The van der Waals surface area contributed by atoms with Crippen LogP contribution < -0.4 is 5.32 Å². The molecule has 8 heteroatoms. The molecule has 2 rings (SSSR count). The Bertz CT molecular complexity index is 794. The van der Waals surface area contributed by atoms with Crippen molar-refractivity contribution in [2.75, 3.05) is 5.32 Å². The molecule has 0 aliphatic rings. The largest absolute Gasteiger partial charge is 0.322 e. The second kappa shape index (κ2) is 6.13. The van der Waals surface area contributed by atoms with Gasteiger partial charge in [-0.1, -0.05) is 15.9 Å². The Kier molecular flexibility index (Phi) is 4.65. The summed E-state index contributed by atoms with van der Waals surface area (Å²) in [6.07, 6.45) is 0. The zero-order valence-electron chi connectivity index (χ0n) is 10.3. The number of carbonyl (C=O) groups excluding carboxylic acids is 1. The van der Waals surface area contributed by atoms with Crippen LogP contribution in [0.5, 0.6) is 0 Å². The fourth-order valence-electron chi connectivity index (χ4n) is 1.58. The standard InChI is InChI=1S/C13H8BrClFNO3S/c14-9-3-1-8(2-4-9)13(18)17-10-5-6-12(11(16)7-10)21(15,19)20/h1-7H,(H,17,18). The van der Waals surface area contributed by atoms with Gasteiger partial charge < -0.3 is 5.32 Å². The van der Waals surface area contributed by atoms with Crippen molar-refractivity contribution in [2.45, 2.75) is 4.90 Å². The summed E-state index contributed by atoms with van der Waals surface area (Å²) < 4.78 is 36.6. The highest BCUT2D eigenvalue weighted by Crippen LogP contribution is 2.22. The lowest BCUT2D eigenvalue weighted by atomic mass is 10.2. The number of rotatable bonds is 3. The van der Waals surface area contributed by atoms with Gasteiger partial charge in [-0.2, -0.15) is 0 Å². The molecule has 21 heavy (non-hydrogen) atoms. The second-order valence-corrected chi connectivity index (χ2v) is 7.49. The summed E-state index contributed by atoms with van der Waals surface area (Å²) in [5, 5.41) is 2.47. The first-order chi connectivity index (χ1) is 9.77. The predicted molar refractivity (Wildman–Crippen MR) is 81.5 cm³/mol. The average Bonchev–Trinajstić information content (AvgIpc) is 2.37. The molecular formula is C13H8BrClFNO3S. The Morgan fingerprint density at radius 2 is 1.76 bits per heavy atom. The van der Waals surface area contributed by atoms with Crippen LogP contribution in [0.2, 0.25) is 0 Å². The molecular weight excluding hydrogens is 385 g/mol. The van der Waals surface area contributed by atoms with Gasteiger partial charge in [0.05, 0.1) is 0 Å². The third-order valence-corrected chi connectivity index (χ3v) is 4.44. The summed E-state index contributed by atoms with van der Waals surface area (Å²) in [6.45, 7) is 0. The minimum absolute atomic E-state index is 0.129. The molecule has 0 fully saturated rings. The van der Waals surface area contributed by atoms with Gasteiger partial charge in [0.2, 0.25) is 0 Å². The molecule has 0 aliphatic carbocycles.